The lowest BCUT2D eigenvalue weighted by atomic mass is 9.92. The first-order valence-corrected chi connectivity index (χ1v) is 13.7. The summed E-state index contributed by atoms with van der Waals surface area (Å²) in [6, 6.07) is 16.7. The number of nitrogens with one attached hydrogen (secondary N) is 2. The van der Waals surface area contributed by atoms with E-state index >= 15 is 0 Å². The second-order valence-electron chi connectivity index (χ2n) is 10.7. The molecule has 0 saturated carbocycles. The average molecular weight is 550 g/mol. The fourth-order valence-corrected chi connectivity index (χ4v) is 5.28. The van der Waals surface area contributed by atoms with Crippen LogP contribution in [0.2, 0.25) is 0 Å². The molecule has 10 nitrogen and oxygen atoms in total. The highest BCUT2D eigenvalue weighted by Crippen LogP contribution is 2.22. The smallest absolute Gasteiger partial charge is 0.257 e. The third-order valence-electron chi connectivity index (χ3n) is 7.60. The number of piperidine rings is 1. The molecule has 4 aromatic rings. The molecule has 1 atom stereocenters. The maximum atomic E-state index is 13.1. The number of rotatable bonds is 6. The summed E-state index contributed by atoms with van der Waals surface area (Å²) in [6.45, 7) is 3.64. The number of hydrogen-bond acceptors (Lipinski definition) is 7. The van der Waals surface area contributed by atoms with E-state index in [9.17, 15) is 14.7 Å². The SMILES string of the molecule is CC1(NC(=O)c2ccc(N3CCC(O)CC3)cc2)C=c2cnn(-c3ccc(NC(=O)c4ccnnc4)cc3)c2=CC1. The zero-order chi connectivity index (χ0) is 28.4. The molecular formula is C31H31N7O3. The zero-order valence-electron chi connectivity index (χ0n) is 22.7. The Bertz CT molecular complexity index is 1680. The van der Waals surface area contributed by atoms with Gasteiger partial charge in [0.1, 0.15) is 0 Å². The van der Waals surface area contributed by atoms with Crippen LogP contribution in [0.15, 0.2) is 73.2 Å². The fraction of sp³-hybridized carbons (Fsp3) is 0.258. The number of hydrogen-bond donors (Lipinski definition) is 3. The standard InChI is InChI=1S/C31H31N7O3/c1-31(36-30(41)21-2-6-25(7-3-21)37-16-12-27(39)13-17-37)14-10-28-23(18-31)20-34-38(28)26-8-4-24(5-9-26)35-29(40)22-11-15-32-33-19-22/h2-11,15,18-20,27,39H,12-14,16-17H2,1H3,(H,35,40)(H,36,41). The van der Waals surface area contributed by atoms with Crippen molar-refractivity contribution in [2.45, 2.75) is 37.8 Å². The first-order valence-electron chi connectivity index (χ1n) is 13.7. The largest absolute Gasteiger partial charge is 0.393 e. The summed E-state index contributed by atoms with van der Waals surface area (Å²) < 4.78 is 1.85. The Hall–Kier alpha value is -4.83. The van der Waals surface area contributed by atoms with E-state index in [2.05, 4.69) is 43.0 Å². The number of benzene rings is 2. The van der Waals surface area contributed by atoms with Crippen LogP contribution in [0, 0.1) is 0 Å². The second-order valence-corrected chi connectivity index (χ2v) is 10.7. The van der Waals surface area contributed by atoms with E-state index in [0.29, 0.717) is 23.2 Å². The molecule has 1 fully saturated rings. The maximum Gasteiger partial charge on any atom is 0.257 e. The number of anilines is 2. The number of aliphatic hydroxyl groups is 1. The highest BCUT2D eigenvalue weighted by atomic mass is 16.3. The highest BCUT2D eigenvalue weighted by molar-refractivity contribution is 6.04. The van der Waals surface area contributed by atoms with E-state index in [4.69, 9.17) is 0 Å². The molecular weight excluding hydrogens is 518 g/mol. The van der Waals surface area contributed by atoms with Gasteiger partial charge in [-0.05, 0) is 86.9 Å². The van der Waals surface area contributed by atoms with E-state index < -0.39 is 5.54 Å². The molecule has 0 spiro atoms. The maximum absolute atomic E-state index is 13.1. The quantitative estimate of drug-likeness (QED) is 0.336. The number of carbonyl (C=O) groups excluding carboxylic acids is 2. The van der Waals surface area contributed by atoms with E-state index in [1.54, 1.807) is 12.3 Å². The van der Waals surface area contributed by atoms with Crippen molar-refractivity contribution >= 4 is 35.3 Å². The molecule has 6 rings (SSSR count). The molecule has 208 valence electrons. The number of aliphatic hydroxyl groups excluding tert-OH is 1. The van der Waals surface area contributed by atoms with E-state index in [-0.39, 0.29) is 17.9 Å². The topological polar surface area (TPSA) is 125 Å². The second kappa shape index (κ2) is 11.0. The van der Waals surface area contributed by atoms with Crippen LogP contribution in [-0.4, -0.2) is 61.6 Å². The Labute approximate surface area is 237 Å². The van der Waals surface area contributed by atoms with Gasteiger partial charge in [-0.1, -0.05) is 6.08 Å². The van der Waals surface area contributed by atoms with Gasteiger partial charge in [0.25, 0.3) is 11.8 Å². The molecule has 1 aliphatic carbocycles. The van der Waals surface area contributed by atoms with Crippen LogP contribution in [0.25, 0.3) is 17.8 Å². The van der Waals surface area contributed by atoms with Crippen molar-refractivity contribution in [3.05, 3.63) is 94.9 Å². The molecule has 2 aromatic carbocycles. The van der Waals surface area contributed by atoms with E-state index in [0.717, 1.165) is 47.9 Å². The van der Waals surface area contributed by atoms with E-state index in [1.807, 2.05) is 60.1 Å². The summed E-state index contributed by atoms with van der Waals surface area (Å²) in [7, 11) is 0. The highest BCUT2D eigenvalue weighted by Gasteiger charge is 2.26. The number of fused-ring (bicyclic) bond motifs is 1. The van der Waals surface area contributed by atoms with Crippen LogP contribution in [-0.2, 0) is 0 Å². The Morgan fingerprint density at radius 1 is 0.902 bits per heavy atom. The van der Waals surface area contributed by atoms with Crippen LogP contribution in [0.1, 0.15) is 46.9 Å². The van der Waals surface area contributed by atoms with Crippen molar-refractivity contribution in [1.29, 1.82) is 0 Å². The predicted octanol–water partition coefficient (Wildman–Crippen LogP) is 2.03. The molecule has 2 aromatic heterocycles. The van der Waals surface area contributed by atoms with Gasteiger partial charge >= 0.3 is 0 Å². The zero-order valence-corrected chi connectivity index (χ0v) is 22.7. The number of amides is 2. The summed E-state index contributed by atoms with van der Waals surface area (Å²) in [5.41, 5.74) is 3.06. The summed E-state index contributed by atoms with van der Waals surface area (Å²) >= 11 is 0. The molecule has 1 saturated heterocycles. The van der Waals surface area contributed by atoms with Gasteiger partial charge in [0.15, 0.2) is 0 Å². The van der Waals surface area contributed by atoms with Crippen molar-refractivity contribution in [3.63, 3.8) is 0 Å². The normalized spacial score (nSPS) is 18.5. The molecule has 0 radical (unpaired) electrons. The van der Waals surface area contributed by atoms with Gasteiger partial charge < -0.3 is 20.6 Å². The van der Waals surface area contributed by atoms with Crippen LogP contribution in [0.5, 0.6) is 0 Å². The first-order chi connectivity index (χ1) is 19.9. The summed E-state index contributed by atoms with van der Waals surface area (Å²) in [5.74, 6) is -0.388. The van der Waals surface area contributed by atoms with Crippen molar-refractivity contribution in [2.24, 2.45) is 0 Å². The lowest BCUT2D eigenvalue weighted by molar-refractivity contribution is 0.0927. The van der Waals surface area contributed by atoms with Gasteiger partial charge in [0.2, 0.25) is 0 Å². The van der Waals surface area contributed by atoms with Gasteiger partial charge in [0.05, 0.1) is 46.8 Å². The van der Waals surface area contributed by atoms with Crippen LogP contribution in [0.3, 0.4) is 0 Å². The molecule has 3 N–H and O–H groups in total. The molecule has 2 amide bonds. The van der Waals surface area contributed by atoms with E-state index in [1.165, 1.54) is 12.4 Å². The van der Waals surface area contributed by atoms with Crippen molar-refractivity contribution in [1.82, 2.24) is 25.3 Å². The van der Waals surface area contributed by atoms with Gasteiger partial charge in [-0.3, -0.25) is 9.59 Å². The van der Waals surface area contributed by atoms with Crippen LogP contribution < -0.4 is 26.1 Å². The number of nitrogens with zero attached hydrogens (tertiary/aromatic N) is 5. The molecule has 41 heavy (non-hydrogen) atoms. The van der Waals surface area contributed by atoms with Crippen molar-refractivity contribution in [3.8, 4) is 5.69 Å². The first kappa shape index (κ1) is 26.4. The van der Waals surface area contributed by atoms with Crippen molar-refractivity contribution in [2.75, 3.05) is 23.3 Å². The molecule has 2 aliphatic rings. The Kier molecular flexibility index (Phi) is 7.07. The third-order valence-corrected chi connectivity index (χ3v) is 7.60. The fourth-order valence-electron chi connectivity index (χ4n) is 5.28. The van der Waals surface area contributed by atoms with Gasteiger partial charge in [-0.15, -0.1) is 0 Å². The molecule has 10 heteroatoms. The summed E-state index contributed by atoms with van der Waals surface area (Å²) in [6.07, 6.45) is 10.7. The molecule has 1 unspecified atom stereocenters. The lowest BCUT2D eigenvalue weighted by Crippen LogP contribution is -2.49. The summed E-state index contributed by atoms with van der Waals surface area (Å²) in [4.78, 5) is 27.8. The minimum absolute atomic E-state index is 0.131. The molecule has 1 aliphatic heterocycles. The van der Waals surface area contributed by atoms with Gasteiger partial charge in [-0.2, -0.15) is 15.3 Å². The summed E-state index contributed by atoms with van der Waals surface area (Å²) in [5, 5.41) is 29.7. The molecule has 3 heterocycles. The van der Waals surface area contributed by atoms with Gasteiger partial charge in [0, 0.05) is 35.2 Å². The molecule has 0 bridgehead atoms. The average Bonchev–Trinajstić information content (AvgIpc) is 3.41. The van der Waals surface area contributed by atoms with Crippen molar-refractivity contribution < 1.29 is 14.7 Å². The number of carbonyl (C=O) groups is 2. The van der Waals surface area contributed by atoms with Gasteiger partial charge in [-0.25, -0.2) is 4.68 Å². The number of aromatic nitrogens is 4. The monoisotopic (exact) mass is 549 g/mol. The Morgan fingerprint density at radius 2 is 1.63 bits per heavy atom. The van der Waals surface area contributed by atoms with Crippen LogP contribution >= 0.6 is 0 Å². The third kappa shape index (κ3) is 5.73. The lowest BCUT2D eigenvalue weighted by Gasteiger charge is -2.31. The minimum atomic E-state index is -0.560. The minimum Gasteiger partial charge on any atom is -0.393 e. The predicted molar refractivity (Wildman–Crippen MR) is 156 cm³/mol. The Balaban J connectivity index is 1.13. The van der Waals surface area contributed by atoms with Crippen LogP contribution in [0.4, 0.5) is 11.4 Å². The Morgan fingerprint density at radius 3 is 2.34 bits per heavy atom.